The maximum absolute atomic E-state index is 12.6. The number of carbonyl (C=O) groups excluding carboxylic acids is 3. The van der Waals surface area contributed by atoms with Crippen molar-refractivity contribution < 1.29 is 19.1 Å². The molecule has 4 rings (SSSR count). The minimum Gasteiger partial charge on any atom is -0.458 e. The quantitative estimate of drug-likeness (QED) is 0.578. The van der Waals surface area contributed by atoms with E-state index >= 15 is 0 Å². The molecule has 1 saturated carbocycles. The highest BCUT2D eigenvalue weighted by molar-refractivity contribution is 7.15. The van der Waals surface area contributed by atoms with Gasteiger partial charge in [0.2, 0.25) is 11.8 Å². The second-order valence-corrected chi connectivity index (χ2v) is 7.84. The Hall–Kier alpha value is -2.55. The first-order valence-electron chi connectivity index (χ1n) is 8.96. The van der Waals surface area contributed by atoms with Gasteiger partial charge in [0, 0.05) is 17.6 Å². The Kier molecular flexibility index (Phi) is 4.55. The van der Waals surface area contributed by atoms with E-state index in [1.165, 1.54) is 28.7 Å². The van der Waals surface area contributed by atoms with Gasteiger partial charge in [-0.1, -0.05) is 12.8 Å². The number of amides is 2. The smallest absolute Gasteiger partial charge is 0.329 e. The Morgan fingerprint density at radius 1 is 1.26 bits per heavy atom. The second kappa shape index (κ2) is 6.88. The van der Waals surface area contributed by atoms with Crippen LogP contribution in [0, 0.1) is 11.8 Å². The summed E-state index contributed by atoms with van der Waals surface area (Å²) in [5.74, 6) is -1.83. The van der Waals surface area contributed by atoms with Crippen molar-refractivity contribution in [3.8, 4) is 0 Å². The van der Waals surface area contributed by atoms with Gasteiger partial charge in [-0.15, -0.1) is 11.3 Å². The molecule has 2 fully saturated rings. The number of esters is 1. The molecular weight excluding hydrogens is 370 g/mol. The lowest BCUT2D eigenvalue weighted by Crippen LogP contribution is -2.44. The topological polar surface area (TPSA) is 98.1 Å². The summed E-state index contributed by atoms with van der Waals surface area (Å²) < 4.78 is 6.65. The molecule has 2 aliphatic rings. The third kappa shape index (κ3) is 3.05. The lowest BCUT2D eigenvalue weighted by atomic mass is 9.81. The second-order valence-electron chi connectivity index (χ2n) is 6.97. The fraction of sp³-hybridized carbons (Fsp3) is 0.500. The number of hydrogen-bond donors (Lipinski definition) is 0. The van der Waals surface area contributed by atoms with Crippen molar-refractivity contribution in [2.45, 2.75) is 45.3 Å². The highest BCUT2D eigenvalue weighted by atomic mass is 32.1. The fourth-order valence-corrected chi connectivity index (χ4v) is 4.64. The molecule has 0 N–H and O–H groups in total. The molecule has 0 bridgehead atoms. The van der Waals surface area contributed by atoms with Crippen molar-refractivity contribution in [3.63, 3.8) is 0 Å². The van der Waals surface area contributed by atoms with Crippen molar-refractivity contribution in [3.05, 3.63) is 33.7 Å². The summed E-state index contributed by atoms with van der Waals surface area (Å²) in [4.78, 5) is 55.4. The number of thiazole rings is 1. The first kappa shape index (κ1) is 17.8. The van der Waals surface area contributed by atoms with E-state index in [1.54, 1.807) is 11.6 Å². The van der Waals surface area contributed by atoms with Crippen molar-refractivity contribution in [2.75, 3.05) is 0 Å². The molecule has 8 nitrogen and oxygen atoms in total. The number of nitrogens with zero attached hydrogens (tertiary/aromatic N) is 3. The van der Waals surface area contributed by atoms with Gasteiger partial charge in [0.25, 0.3) is 5.56 Å². The predicted octanol–water partition coefficient (Wildman–Crippen LogP) is 1.36. The summed E-state index contributed by atoms with van der Waals surface area (Å²) in [6.07, 6.45) is 4.88. The number of ether oxygens (including phenoxy) is 1. The Bertz CT molecular complexity index is 957. The van der Waals surface area contributed by atoms with Crippen molar-refractivity contribution in [2.24, 2.45) is 11.8 Å². The van der Waals surface area contributed by atoms with Crippen molar-refractivity contribution >= 4 is 34.1 Å². The Morgan fingerprint density at radius 2 is 1.93 bits per heavy atom. The SMILES string of the molecule is C[C@H](C(=O)OCc1cc(=O)n2ccsc2n1)N1C(=O)[C@H]2CCCC[C@@H]2C1=O. The summed E-state index contributed by atoms with van der Waals surface area (Å²) in [7, 11) is 0. The zero-order valence-corrected chi connectivity index (χ0v) is 15.6. The lowest BCUT2D eigenvalue weighted by Gasteiger charge is -2.21. The summed E-state index contributed by atoms with van der Waals surface area (Å²) in [5, 5.41) is 1.74. The van der Waals surface area contributed by atoms with E-state index in [4.69, 9.17) is 4.74 Å². The van der Waals surface area contributed by atoms with E-state index in [9.17, 15) is 19.2 Å². The highest BCUT2D eigenvalue weighted by Gasteiger charge is 2.51. The van der Waals surface area contributed by atoms with Crippen LogP contribution in [0.15, 0.2) is 22.4 Å². The number of imide groups is 1. The molecule has 9 heteroatoms. The Balaban J connectivity index is 1.45. The number of carbonyl (C=O) groups is 3. The minimum atomic E-state index is -0.984. The molecule has 0 spiro atoms. The molecule has 1 saturated heterocycles. The minimum absolute atomic E-state index is 0.185. The van der Waals surface area contributed by atoms with Crippen LogP contribution in [0.1, 0.15) is 38.3 Å². The molecule has 27 heavy (non-hydrogen) atoms. The molecule has 1 aliphatic heterocycles. The summed E-state index contributed by atoms with van der Waals surface area (Å²) in [5.41, 5.74) is 0.0741. The molecule has 3 heterocycles. The van der Waals surface area contributed by atoms with E-state index in [1.807, 2.05) is 0 Å². The molecule has 1 aliphatic carbocycles. The van der Waals surface area contributed by atoms with E-state index < -0.39 is 12.0 Å². The molecule has 3 atom stereocenters. The van der Waals surface area contributed by atoms with Crippen LogP contribution in [0.25, 0.3) is 4.96 Å². The number of rotatable bonds is 4. The summed E-state index contributed by atoms with van der Waals surface area (Å²) in [6, 6.07) is 0.320. The Labute approximate surface area is 158 Å². The van der Waals surface area contributed by atoms with Gasteiger partial charge < -0.3 is 4.74 Å². The van der Waals surface area contributed by atoms with Gasteiger partial charge in [0.15, 0.2) is 4.96 Å². The van der Waals surface area contributed by atoms with Crippen LogP contribution >= 0.6 is 11.3 Å². The zero-order chi connectivity index (χ0) is 19.1. The molecule has 2 aromatic rings. The van der Waals surface area contributed by atoms with Crippen LogP contribution in [-0.2, 0) is 25.7 Å². The lowest BCUT2D eigenvalue weighted by molar-refractivity contribution is -0.159. The van der Waals surface area contributed by atoms with Crippen LogP contribution in [-0.4, -0.2) is 38.1 Å². The van der Waals surface area contributed by atoms with Crippen LogP contribution in [0.4, 0.5) is 0 Å². The molecule has 0 unspecified atom stereocenters. The maximum atomic E-state index is 12.6. The van der Waals surface area contributed by atoms with Gasteiger partial charge >= 0.3 is 5.97 Å². The first-order chi connectivity index (χ1) is 13.0. The van der Waals surface area contributed by atoms with Crippen LogP contribution in [0.3, 0.4) is 0 Å². The van der Waals surface area contributed by atoms with Crippen LogP contribution in [0.5, 0.6) is 0 Å². The monoisotopic (exact) mass is 389 g/mol. The molecule has 2 aromatic heterocycles. The number of hydrogen-bond acceptors (Lipinski definition) is 7. The van der Waals surface area contributed by atoms with Crippen molar-refractivity contribution in [1.29, 1.82) is 0 Å². The Morgan fingerprint density at radius 3 is 2.59 bits per heavy atom. The normalized spacial score (nSPS) is 23.5. The number of fused-ring (bicyclic) bond motifs is 2. The molecule has 0 radical (unpaired) electrons. The summed E-state index contributed by atoms with van der Waals surface area (Å²) >= 11 is 1.30. The third-order valence-electron chi connectivity index (χ3n) is 5.32. The maximum Gasteiger partial charge on any atom is 0.329 e. The van der Waals surface area contributed by atoms with Crippen LogP contribution in [0.2, 0.25) is 0 Å². The van der Waals surface area contributed by atoms with E-state index in [2.05, 4.69) is 4.98 Å². The average molecular weight is 389 g/mol. The zero-order valence-electron chi connectivity index (χ0n) is 14.8. The third-order valence-corrected chi connectivity index (χ3v) is 6.08. The molecule has 142 valence electrons. The average Bonchev–Trinajstić information content (AvgIpc) is 3.23. The number of aromatic nitrogens is 2. The van der Waals surface area contributed by atoms with E-state index in [0.717, 1.165) is 17.7 Å². The van der Waals surface area contributed by atoms with Crippen LogP contribution < -0.4 is 5.56 Å². The van der Waals surface area contributed by atoms with Crippen molar-refractivity contribution in [1.82, 2.24) is 14.3 Å². The molecule has 2 amide bonds. The summed E-state index contributed by atoms with van der Waals surface area (Å²) in [6.45, 7) is 1.32. The fourth-order valence-electron chi connectivity index (χ4n) is 3.90. The van der Waals surface area contributed by atoms with Gasteiger partial charge in [0.1, 0.15) is 12.6 Å². The number of likely N-dealkylation sites (tertiary alicyclic amines) is 1. The molecule has 0 aromatic carbocycles. The van der Waals surface area contributed by atoms with E-state index in [0.29, 0.717) is 23.5 Å². The van der Waals surface area contributed by atoms with Gasteiger partial charge in [-0.3, -0.25) is 23.7 Å². The van der Waals surface area contributed by atoms with Gasteiger partial charge in [-0.25, -0.2) is 9.78 Å². The first-order valence-corrected chi connectivity index (χ1v) is 9.84. The predicted molar refractivity (Wildman–Crippen MR) is 95.9 cm³/mol. The van der Waals surface area contributed by atoms with Gasteiger partial charge in [0.05, 0.1) is 17.5 Å². The van der Waals surface area contributed by atoms with E-state index in [-0.39, 0.29) is 35.8 Å². The highest BCUT2D eigenvalue weighted by Crippen LogP contribution is 2.38. The van der Waals surface area contributed by atoms with Gasteiger partial charge in [-0.05, 0) is 19.8 Å². The van der Waals surface area contributed by atoms with Gasteiger partial charge in [-0.2, -0.15) is 0 Å². The standard InChI is InChI=1S/C18H19N3O5S/c1-10(21-15(23)12-4-2-3-5-13(12)16(21)24)17(25)26-9-11-8-14(22)20-6-7-27-18(20)19-11/h6-8,10,12-13H,2-5,9H2,1H3/t10-,12+,13+/m1/s1. The molecular formula is C18H19N3O5S. The largest absolute Gasteiger partial charge is 0.458 e.